The van der Waals surface area contributed by atoms with E-state index in [2.05, 4.69) is 4.90 Å². The molecule has 2 N–H and O–H groups in total. The number of rotatable bonds is 6. The Kier molecular flexibility index (Phi) is 6.35. The van der Waals surface area contributed by atoms with Gasteiger partial charge in [-0.05, 0) is 43.5 Å². The molecule has 2 heterocycles. The van der Waals surface area contributed by atoms with Gasteiger partial charge in [-0.1, -0.05) is 11.6 Å². The maximum Gasteiger partial charge on any atom is 0.255 e. The molecule has 154 valence electrons. The van der Waals surface area contributed by atoms with Crippen molar-refractivity contribution in [2.75, 3.05) is 40.4 Å². The van der Waals surface area contributed by atoms with Gasteiger partial charge in [0.2, 0.25) is 5.91 Å². The zero-order valence-electron chi connectivity index (χ0n) is 16.5. The van der Waals surface area contributed by atoms with Crippen molar-refractivity contribution in [1.29, 1.82) is 0 Å². The molecular formula is C20H28ClN3O4. The van der Waals surface area contributed by atoms with Gasteiger partial charge in [0, 0.05) is 38.5 Å². The summed E-state index contributed by atoms with van der Waals surface area (Å²) in [5.41, 5.74) is 6.34. The molecule has 0 aliphatic carbocycles. The van der Waals surface area contributed by atoms with E-state index in [1.807, 2.05) is 24.1 Å². The molecule has 2 saturated heterocycles. The van der Waals surface area contributed by atoms with Crippen molar-refractivity contribution in [2.45, 2.75) is 32.2 Å². The van der Waals surface area contributed by atoms with Crippen LogP contribution >= 0.6 is 11.6 Å². The Morgan fingerprint density at radius 3 is 2.79 bits per heavy atom. The highest BCUT2D eigenvalue weighted by Gasteiger charge is 2.40. The van der Waals surface area contributed by atoms with E-state index in [4.69, 9.17) is 26.8 Å². The molecule has 1 aromatic carbocycles. The number of amides is 2. The van der Waals surface area contributed by atoms with Gasteiger partial charge in [-0.2, -0.15) is 0 Å². The fraction of sp³-hybridized carbons (Fsp3) is 0.600. The van der Waals surface area contributed by atoms with Crippen LogP contribution in [0.5, 0.6) is 11.5 Å². The number of ether oxygens (including phenoxy) is 2. The van der Waals surface area contributed by atoms with E-state index in [0.29, 0.717) is 22.9 Å². The molecule has 0 bridgehead atoms. The summed E-state index contributed by atoms with van der Waals surface area (Å²) >= 11 is 6.37. The van der Waals surface area contributed by atoms with Gasteiger partial charge >= 0.3 is 0 Å². The van der Waals surface area contributed by atoms with Gasteiger partial charge in [-0.25, -0.2) is 0 Å². The number of hydrogen-bond acceptors (Lipinski definition) is 5. The van der Waals surface area contributed by atoms with Crippen LogP contribution in [0.15, 0.2) is 12.1 Å². The highest BCUT2D eigenvalue weighted by molar-refractivity contribution is 6.32. The fourth-order valence-electron chi connectivity index (χ4n) is 4.42. The highest BCUT2D eigenvalue weighted by Crippen LogP contribution is 2.40. The highest BCUT2D eigenvalue weighted by atomic mass is 35.5. The average molecular weight is 410 g/mol. The van der Waals surface area contributed by atoms with Gasteiger partial charge in [0.1, 0.15) is 0 Å². The molecule has 3 rings (SSSR count). The molecule has 2 aliphatic heterocycles. The Hall–Kier alpha value is -1.99. The van der Waals surface area contributed by atoms with Crippen LogP contribution < -0.4 is 15.2 Å². The van der Waals surface area contributed by atoms with E-state index < -0.39 is 5.91 Å². The molecule has 1 unspecified atom stereocenters. The molecule has 0 aromatic heterocycles. The average Bonchev–Trinajstić information content (AvgIpc) is 2.64. The molecule has 7 nitrogen and oxygen atoms in total. The first kappa shape index (κ1) is 20.7. The Morgan fingerprint density at radius 2 is 2.11 bits per heavy atom. The summed E-state index contributed by atoms with van der Waals surface area (Å²) in [4.78, 5) is 27.1. The van der Waals surface area contributed by atoms with Crippen LogP contribution in [0.3, 0.4) is 0 Å². The SMILES string of the molecule is COc1cc(CN2CCCC3(CCC(=O)N(C)C3)C2)cc(Cl)c1OCC(N)=O. The van der Waals surface area contributed by atoms with Crippen molar-refractivity contribution in [2.24, 2.45) is 11.1 Å². The van der Waals surface area contributed by atoms with Gasteiger partial charge < -0.3 is 20.1 Å². The first-order valence-electron chi connectivity index (χ1n) is 9.56. The standard InChI is InChI=1S/C20H28ClN3O4/c1-23-12-20(6-4-18(23)26)5-3-7-24(13-20)10-14-8-15(21)19(16(9-14)27-2)28-11-17(22)25/h8-9H,3-7,10-13H2,1-2H3,(H2,22,25). The van der Waals surface area contributed by atoms with Crippen molar-refractivity contribution < 1.29 is 19.1 Å². The van der Waals surface area contributed by atoms with E-state index in [0.717, 1.165) is 51.0 Å². The monoisotopic (exact) mass is 409 g/mol. The maximum atomic E-state index is 11.9. The second-order valence-corrected chi connectivity index (χ2v) is 8.34. The molecular weight excluding hydrogens is 382 g/mol. The fourth-order valence-corrected chi connectivity index (χ4v) is 4.71. The number of benzene rings is 1. The lowest BCUT2D eigenvalue weighted by Crippen LogP contribution is -2.52. The Bertz CT molecular complexity index is 757. The molecule has 2 amide bonds. The number of nitrogens with zero attached hydrogens (tertiary/aromatic N) is 2. The van der Waals surface area contributed by atoms with Crippen LogP contribution in [0.1, 0.15) is 31.2 Å². The maximum absolute atomic E-state index is 11.9. The Labute approximate surface area is 170 Å². The lowest BCUT2D eigenvalue weighted by molar-refractivity contribution is -0.137. The second kappa shape index (κ2) is 8.57. The summed E-state index contributed by atoms with van der Waals surface area (Å²) in [5.74, 6) is 0.482. The van der Waals surface area contributed by atoms with Crippen molar-refractivity contribution in [1.82, 2.24) is 9.80 Å². The number of nitrogens with two attached hydrogens (primary N) is 1. The quantitative estimate of drug-likeness (QED) is 0.777. The number of hydrogen-bond donors (Lipinski definition) is 1. The smallest absolute Gasteiger partial charge is 0.255 e. The lowest BCUT2D eigenvalue weighted by Gasteiger charge is -2.47. The van der Waals surface area contributed by atoms with E-state index in [1.165, 1.54) is 7.11 Å². The van der Waals surface area contributed by atoms with E-state index in [-0.39, 0.29) is 17.9 Å². The number of carbonyl (C=O) groups is 2. The summed E-state index contributed by atoms with van der Waals surface area (Å²) in [7, 11) is 3.44. The van der Waals surface area contributed by atoms with Crippen LogP contribution in [0.25, 0.3) is 0 Å². The largest absolute Gasteiger partial charge is 0.493 e. The number of likely N-dealkylation sites (tertiary alicyclic amines) is 2. The molecule has 1 atom stereocenters. The van der Waals surface area contributed by atoms with Gasteiger partial charge in [0.05, 0.1) is 12.1 Å². The number of primary amides is 1. The van der Waals surface area contributed by atoms with E-state index in [1.54, 1.807) is 0 Å². The minimum atomic E-state index is -0.572. The molecule has 28 heavy (non-hydrogen) atoms. The minimum absolute atomic E-state index is 0.180. The number of methoxy groups -OCH3 is 1. The van der Waals surface area contributed by atoms with Gasteiger partial charge in [0.15, 0.2) is 18.1 Å². The normalized spacial score (nSPS) is 23.1. The Morgan fingerprint density at radius 1 is 1.32 bits per heavy atom. The topological polar surface area (TPSA) is 85.1 Å². The summed E-state index contributed by atoms with van der Waals surface area (Å²) in [6, 6.07) is 3.73. The first-order valence-corrected chi connectivity index (χ1v) is 9.93. The Balaban J connectivity index is 1.71. The summed E-state index contributed by atoms with van der Waals surface area (Å²) in [5, 5.41) is 0.394. The minimum Gasteiger partial charge on any atom is -0.493 e. The molecule has 1 spiro atoms. The second-order valence-electron chi connectivity index (χ2n) is 7.93. The van der Waals surface area contributed by atoms with Gasteiger partial charge in [-0.3, -0.25) is 14.5 Å². The molecule has 8 heteroatoms. The predicted molar refractivity (Wildman–Crippen MR) is 107 cm³/mol. The third kappa shape index (κ3) is 4.70. The predicted octanol–water partition coefficient (Wildman–Crippen LogP) is 2.05. The summed E-state index contributed by atoms with van der Waals surface area (Å²) in [6.45, 7) is 3.29. The first-order chi connectivity index (χ1) is 13.3. The number of piperidine rings is 2. The molecule has 2 aliphatic rings. The van der Waals surface area contributed by atoms with Crippen molar-refractivity contribution in [3.05, 3.63) is 22.7 Å². The summed E-state index contributed by atoms with van der Waals surface area (Å²) < 4.78 is 10.8. The van der Waals surface area contributed by atoms with Crippen LogP contribution in [0, 0.1) is 5.41 Å². The third-order valence-electron chi connectivity index (χ3n) is 5.66. The van der Waals surface area contributed by atoms with E-state index in [9.17, 15) is 9.59 Å². The number of carbonyl (C=O) groups excluding carboxylic acids is 2. The lowest BCUT2D eigenvalue weighted by atomic mass is 9.73. The van der Waals surface area contributed by atoms with Crippen molar-refractivity contribution in [3.8, 4) is 11.5 Å². The number of halogens is 1. The van der Waals surface area contributed by atoms with Crippen LogP contribution in [-0.2, 0) is 16.1 Å². The zero-order chi connectivity index (χ0) is 20.3. The van der Waals surface area contributed by atoms with Crippen LogP contribution in [0.2, 0.25) is 5.02 Å². The van der Waals surface area contributed by atoms with Crippen LogP contribution in [0.4, 0.5) is 0 Å². The molecule has 0 saturated carbocycles. The molecule has 0 radical (unpaired) electrons. The van der Waals surface area contributed by atoms with Gasteiger partial charge in [0.25, 0.3) is 5.91 Å². The van der Waals surface area contributed by atoms with Crippen molar-refractivity contribution in [3.63, 3.8) is 0 Å². The summed E-state index contributed by atoms with van der Waals surface area (Å²) in [6.07, 6.45) is 3.87. The van der Waals surface area contributed by atoms with Crippen molar-refractivity contribution >= 4 is 23.4 Å². The zero-order valence-corrected chi connectivity index (χ0v) is 17.3. The van der Waals surface area contributed by atoms with E-state index >= 15 is 0 Å². The molecule has 1 aromatic rings. The van der Waals surface area contributed by atoms with Crippen LogP contribution in [-0.4, -0.2) is 62.0 Å². The van der Waals surface area contributed by atoms with Gasteiger partial charge in [-0.15, -0.1) is 0 Å². The molecule has 2 fully saturated rings. The third-order valence-corrected chi connectivity index (χ3v) is 5.94.